The van der Waals surface area contributed by atoms with Crippen molar-refractivity contribution in [3.8, 4) is 0 Å². The molecule has 0 spiro atoms. The molecule has 3 rings (SSSR count). The Morgan fingerprint density at radius 2 is 1.78 bits per heavy atom. The molecule has 0 amide bonds. The molecule has 0 unspecified atom stereocenters. The third-order valence-electron chi connectivity index (χ3n) is 4.21. The van der Waals surface area contributed by atoms with Crippen LogP contribution in [0.25, 0.3) is 0 Å². The molecule has 0 atom stereocenters. The third-order valence-corrected chi connectivity index (χ3v) is 5.68. The predicted octanol–water partition coefficient (Wildman–Crippen LogP) is 1.32. The van der Waals surface area contributed by atoms with E-state index in [9.17, 15) is 8.42 Å². The van der Waals surface area contributed by atoms with E-state index < -0.39 is 10.0 Å². The number of ether oxygens (including phenoxy) is 1. The van der Waals surface area contributed by atoms with Gasteiger partial charge in [-0.25, -0.2) is 18.1 Å². The lowest BCUT2D eigenvalue weighted by atomic mass is 10.2. The summed E-state index contributed by atoms with van der Waals surface area (Å²) in [5.74, 6) is 1.35. The number of aromatic nitrogens is 2. The minimum Gasteiger partial charge on any atom is -0.378 e. The molecule has 2 N–H and O–H groups in total. The lowest BCUT2D eigenvalue weighted by Crippen LogP contribution is -2.37. The fourth-order valence-electron chi connectivity index (χ4n) is 2.75. The van der Waals surface area contributed by atoms with Crippen molar-refractivity contribution in [1.29, 1.82) is 0 Å². The minimum atomic E-state index is -3.52. The maximum atomic E-state index is 12.3. The highest BCUT2D eigenvalue weighted by molar-refractivity contribution is 7.89. The summed E-state index contributed by atoms with van der Waals surface area (Å²) in [6, 6.07) is 8.70. The van der Waals surface area contributed by atoms with Gasteiger partial charge in [0.15, 0.2) is 0 Å². The smallest absolute Gasteiger partial charge is 0.240 e. The molecule has 8 nitrogen and oxygen atoms in total. The summed E-state index contributed by atoms with van der Waals surface area (Å²) in [6.45, 7) is 7.42. The first-order valence-electron chi connectivity index (χ1n) is 8.93. The van der Waals surface area contributed by atoms with E-state index in [-0.39, 0.29) is 11.4 Å². The molecule has 2 heterocycles. The lowest BCUT2D eigenvalue weighted by Gasteiger charge is -2.28. The summed E-state index contributed by atoms with van der Waals surface area (Å²) in [5.41, 5.74) is 1.87. The molecule has 0 radical (unpaired) electrons. The van der Waals surface area contributed by atoms with Crippen LogP contribution >= 0.6 is 0 Å². The van der Waals surface area contributed by atoms with Gasteiger partial charge in [0.2, 0.25) is 16.0 Å². The first kappa shape index (κ1) is 19.5. The Hall–Kier alpha value is -2.23. The van der Waals surface area contributed by atoms with Gasteiger partial charge in [0, 0.05) is 37.9 Å². The Balaban J connectivity index is 1.55. The molecule has 146 valence electrons. The molecule has 1 fully saturated rings. The number of hydrogen-bond donors (Lipinski definition) is 2. The van der Waals surface area contributed by atoms with Gasteiger partial charge in [0.05, 0.1) is 18.1 Å². The van der Waals surface area contributed by atoms with E-state index in [2.05, 4.69) is 24.9 Å². The number of anilines is 2. The normalized spacial score (nSPS) is 15.0. The first-order valence-corrected chi connectivity index (χ1v) is 10.4. The Bertz CT molecular complexity index is 865. The van der Waals surface area contributed by atoms with Gasteiger partial charge < -0.3 is 15.0 Å². The summed E-state index contributed by atoms with van der Waals surface area (Å²) in [4.78, 5) is 11.3. The number of morpholine rings is 1. The maximum absolute atomic E-state index is 12.3. The monoisotopic (exact) mass is 391 g/mol. The number of rotatable bonds is 7. The summed E-state index contributed by atoms with van der Waals surface area (Å²) < 4.78 is 32.5. The molecule has 0 aliphatic carbocycles. The van der Waals surface area contributed by atoms with E-state index >= 15 is 0 Å². The quantitative estimate of drug-likeness (QED) is 0.687. The van der Waals surface area contributed by atoms with Crippen molar-refractivity contribution in [2.24, 2.45) is 0 Å². The van der Waals surface area contributed by atoms with Crippen molar-refractivity contribution < 1.29 is 13.2 Å². The second kappa shape index (κ2) is 8.64. The molecule has 9 heteroatoms. The highest BCUT2D eigenvalue weighted by Gasteiger charge is 2.15. The van der Waals surface area contributed by atoms with Crippen molar-refractivity contribution in [2.75, 3.05) is 49.6 Å². The number of benzene rings is 1. The molecule has 1 aliphatic rings. The predicted molar refractivity (Wildman–Crippen MR) is 105 cm³/mol. The van der Waals surface area contributed by atoms with Crippen LogP contribution in [0.15, 0.2) is 35.2 Å². The van der Waals surface area contributed by atoms with Crippen molar-refractivity contribution in [2.45, 2.75) is 18.7 Å². The fraction of sp³-hybridized carbons (Fsp3) is 0.444. The molecule has 1 aromatic carbocycles. The molecular formula is C18H25N5O3S. The lowest BCUT2D eigenvalue weighted by molar-refractivity contribution is 0.122. The molecule has 2 aromatic rings. The fourth-order valence-corrected chi connectivity index (χ4v) is 3.78. The van der Waals surface area contributed by atoms with E-state index in [1.807, 2.05) is 19.9 Å². The van der Waals surface area contributed by atoms with Crippen LogP contribution in [0.2, 0.25) is 0 Å². The highest BCUT2D eigenvalue weighted by Crippen LogP contribution is 2.16. The van der Waals surface area contributed by atoms with E-state index in [0.29, 0.717) is 25.7 Å². The first-order chi connectivity index (χ1) is 12.9. The Kier molecular flexibility index (Phi) is 6.25. The molecule has 1 aromatic heterocycles. The molecular weight excluding hydrogens is 366 g/mol. The zero-order chi connectivity index (χ0) is 19.3. The molecule has 0 saturated carbocycles. The van der Waals surface area contributed by atoms with Gasteiger partial charge in [-0.15, -0.1) is 0 Å². The van der Waals surface area contributed by atoms with Crippen LogP contribution in [0.3, 0.4) is 0 Å². The minimum absolute atomic E-state index is 0.237. The maximum Gasteiger partial charge on any atom is 0.240 e. The molecule has 1 aliphatic heterocycles. The summed E-state index contributed by atoms with van der Waals surface area (Å²) >= 11 is 0. The van der Waals surface area contributed by atoms with Gasteiger partial charge >= 0.3 is 0 Å². The van der Waals surface area contributed by atoms with Gasteiger partial charge in [-0.05, 0) is 26.0 Å². The average Bonchev–Trinajstić information content (AvgIpc) is 2.66. The van der Waals surface area contributed by atoms with Gasteiger partial charge in [0.1, 0.15) is 5.82 Å². The Morgan fingerprint density at radius 3 is 2.48 bits per heavy atom. The number of nitrogens with one attached hydrogen (secondary N) is 2. The van der Waals surface area contributed by atoms with Crippen LogP contribution in [0, 0.1) is 13.8 Å². The van der Waals surface area contributed by atoms with E-state index in [1.54, 1.807) is 24.3 Å². The van der Waals surface area contributed by atoms with Crippen LogP contribution in [0.4, 0.5) is 11.8 Å². The van der Waals surface area contributed by atoms with E-state index in [4.69, 9.17) is 4.74 Å². The molecule has 27 heavy (non-hydrogen) atoms. The van der Waals surface area contributed by atoms with Crippen LogP contribution in [-0.4, -0.2) is 57.8 Å². The third kappa shape index (κ3) is 5.38. The Labute approximate surface area is 160 Å². The molecule has 0 bridgehead atoms. The highest BCUT2D eigenvalue weighted by atomic mass is 32.2. The van der Waals surface area contributed by atoms with Crippen molar-refractivity contribution in [3.05, 3.63) is 41.6 Å². The number of nitrogens with zero attached hydrogens (tertiary/aromatic N) is 3. The largest absolute Gasteiger partial charge is 0.378 e. The summed E-state index contributed by atoms with van der Waals surface area (Å²) in [7, 11) is -3.52. The van der Waals surface area contributed by atoms with Crippen molar-refractivity contribution in [1.82, 2.24) is 14.7 Å². The molecule has 1 saturated heterocycles. The van der Waals surface area contributed by atoms with Gasteiger partial charge in [-0.2, -0.15) is 4.98 Å². The summed E-state index contributed by atoms with van der Waals surface area (Å²) in [5, 5.41) is 3.09. The van der Waals surface area contributed by atoms with Crippen molar-refractivity contribution >= 4 is 21.8 Å². The Morgan fingerprint density at radius 1 is 1.07 bits per heavy atom. The van der Waals surface area contributed by atoms with Crippen LogP contribution in [0.1, 0.15) is 11.3 Å². The topological polar surface area (TPSA) is 96.5 Å². The number of sulfonamides is 1. The van der Waals surface area contributed by atoms with Crippen LogP contribution in [-0.2, 0) is 14.8 Å². The number of aryl methyl sites for hydroxylation is 2. The summed E-state index contributed by atoms with van der Waals surface area (Å²) in [6.07, 6.45) is 0. The van der Waals surface area contributed by atoms with Crippen molar-refractivity contribution in [3.63, 3.8) is 0 Å². The van der Waals surface area contributed by atoms with Gasteiger partial charge in [-0.1, -0.05) is 17.7 Å². The van der Waals surface area contributed by atoms with Gasteiger partial charge in [0.25, 0.3) is 0 Å². The SMILES string of the molecule is Cc1ccc(S(=O)(=O)NCCNc2nc(C)cc(N3CCOCC3)n2)cc1. The number of hydrogen-bond acceptors (Lipinski definition) is 7. The van der Waals surface area contributed by atoms with Gasteiger partial charge in [-0.3, -0.25) is 0 Å². The van der Waals surface area contributed by atoms with E-state index in [1.165, 1.54) is 0 Å². The average molecular weight is 391 g/mol. The standard InChI is InChI=1S/C18H25N5O3S/c1-14-3-5-16(6-4-14)27(24,25)20-8-7-19-18-21-15(2)13-17(22-18)23-9-11-26-12-10-23/h3-6,13,20H,7-12H2,1-2H3,(H,19,21,22). The zero-order valence-electron chi connectivity index (χ0n) is 15.6. The second-order valence-corrected chi connectivity index (χ2v) is 8.20. The second-order valence-electron chi connectivity index (χ2n) is 6.43. The van der Waals surface area contributed by atoms with E-state index in [0.717, 1.165) is 30.2 Å². The van der Waals surface area contributed by atoms with Crippen LogP contribution in [0.5, 0.6) is 0 Å². The zero-order valence-corrected chi connectivity index (χ0v) is 16.4. The van der Waals surface area contributed by atoms with Crippen LogP contribution < -0.4 is 14.9 Å².